The van der Waals surface area contributed by atoms with Crippen LogP contribution in [0.4, 0.5) is 0 Å². The maximum Gasteiger partial charge on any atom is 0.353 e. The Morgan fingerprint density at radius 1 is 1.11 bits per heavy atom. The van der Waals surface area contributed by atoms with E-state index >= 15 is 0 Å². The van der Waals surface area contributed by atoms with Crippen LogP contribution in [-0.4, -0.2) is 22.4 Å². The SMILES string of the molecule is CC12COc3ccc4c(=O)c5cc6ccccc6cc5[nH]c4c3C1OC(=S)O2. The van der Waals surface area contributed by atoms with E-state index in [1.54, 1.807) is 6.07 Å². The molecule has 3 aromatic carbocycles. The van der Waals surface area contributed by atoms with Gasteiger partial charge in [0.2, 0.25) is 0 Å². The van der Waals surface area contributed by atoms with Crippen LogP contribution in [-0.2, 0) is 9.47 Å². The monoisotopic (exact) mass is 389 g/mol. The number of H-pyrrole nitrogens is 1. The van der Waals surface area contributed by atoms with Crippen LogP contribution in [0.5, 0.6) is 5.75 Å². The zero-order valence-corrected chi connectivity index (χ0v) is 15.8. The van der Waals surface area contributed by atoms with Crippen molar-refractivity contribution in [3.8, 4) is 5.75 Å². The van der Waals surface area contributed by atoms with Gasteiger partial charge in [-0.2, -0.15) is 0 Å². The Balaban J connectivity index is 1.73. The fourth-order valence-electron chi connectivity index (χ4n) is 4.30. The molecule has 2 unspecified atom stereocenters. The summed E-state index contributed by atoms with van der Waals surface area (Å²) in [7, 11) is 0. The average molecular weight is 389 g/mol. The lowest BCUT2D eigenvalue weighted by atomic mass is 9.88. The molecular formula is C22H15NO4S. The second kappa shape index (κ2) is 5.23. The van der Waals surface area contributed by atoms with E-state index in [4.69, 9.17) is 26.4 Å². The van der Waals surface area contributed by atoms with Crippen LogP contribution in [0.15, 0.2) is 53.3 Å². The predicted octanol–water partition coefficient (Wildman–Crippen LogP) is 4.36. The topological polar surface area (TPSA) is 60.6 Å². The summed E-state index contributed by atoms with van der Waals surface area (Å²) in [5, 5.41) is 3.46. The molecule has 6 heteroatoms. The molecule has 0 aliphatic carbocycles. The molecule has 1 aromatic heterocycles. The molecule has 5 nitrogen and oxygen atoms in total. The first-order valence-electron chi connectivity index (χ1n) is 9.07. The number of thiocarbonyl (C=S) groups is 1. The molecule has 1 saturated heterocycles. The number of hydrogen-bond acceptors (Lipinski definition) is 5. The normalized spacial score (nSPS) is 23.2. The Hall–Kier alpha value is -3.12. The molecule has 4 aromatic rings. The molecular weight excluding hydrogens is 374 g/mol. The summed E-state index contributed by atoms with van der Waals surface area (Å²) in [5.74, 6) is 0.680. The van der Waals surface area contributed by atoms with Gasteiger partial charge in [-0.15, -0.1) is 0 Å². The van der Waals surface area contributed by atoms with Gasteiger partial charge in [-0.1, -0.05) is 24.3 Å². The number of benzene rings is 3. The molecule has 28 heavy (non-hydrogen) atoms. The summed E-state index contributed by atoms with van der Waals surface area (Å²) in [6.45, 7) is 2.24. The molecule has 2 aliphatic rings. The van der Waals surface area contributed by atoms with E-state index in [-0.39, 0.29) is 10.7 Å². The highest BCUT2D eigenvalue weighted by Gasteiger charge is 2.52. The molecule has 138 valence electrons. The van der Waals surface area contributed by atoms with Gasteiger partial charge >= 0.3 is 5.24 Å². The highest BCUT2D eigenvalue weighted by Crippen LogP contribution is 2.48. The standard InChI is InChI=1S/C22H15NO4S/c1-22-10-25-16-7-6-13-18(17(16)20(22)26-21(28)27-22)23-15-9-12-5-3-2-4-11(12)8-14(15)19(13)24/h2-9,20H,10H2,1H3,(H,23,24). The van der Waals surface area contributed by atoms with E-state index in [2.05, 4.69) is 4.98 Å². The molecule has 1 fully saturated rings. The van der Waals surface area contributed by atoms with E-state index in [9.17, 15) is 4.79 Å². The lowest BCUT2D eigenvalue weighted by molar-refractivity contribution is -0.00951. The van der Waals surface area contributed by atoms with E-state index < -0.39 is 11.7 Å². The van der Waals surface area contributed by atoms with Crippen molar-refractivity contribution in [2.75, 3.05) is 6.61 Å². The molecule has 0 amide bonds. The maximum atomic E-state index is 13.3. The predicted molar refractivity (Wildman–Crippen MR) is 111 cm³/mol. The number of nitrogens with one attached hydrogen (secondary N) is 1. The Kier molecular flexibility index (Phi) is 2.97. The van der Waals surface area contributed by atoms with Gasteiger partial charge in [0.25, 0.3) is 0 Å². The Bertz CT molecular complexity index is 1390. The minimum Gasteiger partial charge on any atom is -0.489 e. The second-order valence-corrected chi connectivity index (χ2v) is 7.88. The van der Waals surface area contributed by atoms with Gasteiger partial charge in [0.1, 0.15) is 12.4 Å². The Morgan fingerprint density at radius 2 is 1.89 bits per heavy atom. The molecule has 6 rings (SSSR count). The number of aromatic amines is 1. The molecule has 0 saturated carbocycles. The van der Waals surface area contributed by atoms with E-state index in [0.717, 1.165) is 21.9 Å². The van der Waals surface area contributed by atoms with Crippen molar-refractivity contribution in [3.05, 3.63) is 64.3 Å². The third-order valence-electron chi connectivity index (χ3n) is 5.70. The van der Waals surface area contributed by atoms with Crippen LogP contribution in [0.25, 0.3) is 32.6 Å². The minimum absolute atomic E-state index is 0.0222. The van der Waals surface area contributed by atoms with Crippen LogP contribution in [0.3, 0.4) is 0 Å². The third-order valence-corrected chi connectivity index (χ3v) is 5.88. The van der Waals surface area contributed by atoms with Gasteiger partial charge in [0.15, 0.2) is 17.1 Å². The second-order valence-electron chi connectivity index (χ2n) is 7.55. The van der Waals surface area contributed by atoms with Crippen LogP contribution in [0.1, 0.15) is 18.6 Å². The zero-order chi connectivity index (χ0) is 19.0. The summed E-state index contributed by atoms with van der Waals surface area (Å²) < 4.78 is 17.5. The molecule has 0 radical (unpaired) electrons. The summed E-state index contributed by atoms with van der Waals surface area (Å²) in [6.07, 6.45) is -0.430. The number of pyridine rings is 1. The summed E-state index contributed by atoms with van der Waals surface area (Å²) >= 11 is 5.14. The number of hydrogen-bond donors (Lipinski definition) is 1. The summed E-state index contributed by atoms with van der Waals surface area (Å²) in [4.78, 5) is 16.8. The van der Waals surface area contributed by atoms with Crippen molar-refractivity contribution >= 4 is 50.0 Å². The summed E-state index contributed by atoms with van der Waals surface area (Å²) in [5.41, 5.74) is 1.52. The lowest BCUT2D eigenvalue weighted by Gasteiger charge is -2.33. The van der Waals surface area contributed by atoms with Crippen molar-refractivity contribution in [1.82, 2.24) is 4.98 Å². The third kappa shape index (κ3) is 2.01. The molecule has 2 aliphatic heterocycles. The maximum absolute atomic E-state index is 13.3. The molecule has 3 heterocycles. The van der Waals surface area contributed by atoms with Gasteiger partial charge in [-0.05, 0) is 42.0 Å². The van der Waals surface area contributed by atoms with Crippen molar-refractivity contribution in [2.45, 2.75) is 18.6 Å². The number of rotatable bonds is 0. The first-order chi connectivity index (χ1) is 13.5. The fourth-order valence-corrected chi connectivity index (χ4v) is 4.59. The molecule has 0 spiro atoms. The molecule has 0 bridgehead atoms. The van der Waals surface area contributed by atoms with Crippen molar-refractivity contribution in [2.24, 2.45) is 0 Å². The van der Waals surface area contributed by atoms with E-state index in [1.807, 2.05) is 49.4 Å². The van der Waals surface area contributed by atoms with Crippen LogP contribution in [0, 0.1) is 0 Å². The van der Waals surface area contributed by atoms with E-state index in [0.29, 0.717) is 28.6 Å². The van der Waals surface area contributed by atoms with Crippen molar-refractivity contribution in [3.63, 3.8) is 0 Å². The summed E-state index contributed by atoms with van der Waals surface area (Å²) in [6, 6.07) is 15.6. The first-order valence-corrected chi connectivity index (χ1v) is 9.48. The van der Waals surface area contributed by atoms with Gasteiger partial charge in [-0.25, -0.2) is 0 Å². The number of aromatic nitrogens is 1. The van der Waals surface area contributed by atoms with Crippen molar-refractivity contribution in [1.29, 1.82) is 0 Å². The zero-order valence-electron chi connectivity index (χ0n) is 14.9. The Labute approximate surface area is 164 Å². The van der Waals surface area contributed by atoms with Crippen LogP contribution in [0.2, 0.25) is 0 Å². The highest BCUT2D eigenvalue weighted by molar-refractivity contribution is 7.79. The molecule has 1 N–H and O–H groups in total. The van der Waals surface area contributed by atoms with Crippen LogP contribution < -0.4 is 10.2 Å². The largest absolute Gasteiger partial charge is 0.489 e. The quantitative estimate of drug-likeness (QED) is 0.358. The number of ether oxygens (including phenoxy) is 3. The average Bonchev–Trinajstić information content (AvgIpc) is 3.00. The minimum atomic E-state index is -0.715. The van der Waals surface area contributed by atoms with Gasteiger partial charge < -0.3 is 19.2 Å². The fraction of sp³-hybridized carbons (Fsp3) is 0.182. The Morgan fingerprint density at radius 3 is 2.71 bits per heavy atom. The first kappa shape index (κ1) is 15.9. The number of fused-ring (bicyclic) bond motifs is 7. The smallest absolute Gasteiger partial charge is 0.353 e. The van der Waals surface area contributed by atoms with Gasteiger partial charge in [-0.3, -0.25) is 4.79 Å². The van der Waals surface area contributed by atoms with Crippen LogP contribution >= 0.6 is 12.2 Å². The van der Waals surface area contributed by atoms with Crippen molar-refractivity contribution < 1.29 is 14.2 Å². The highest BCUT2D eigenvalue weighted by atomic mass is 32.1. The van der Waals surface area contributed by atoms with Gasteiger partial charge in [0, 0.05) is 23.0 Å². The lowest BCUT2D eigenvalue weighted by Crippen LogP contribution is -2.41. The van der Waals surface area contributed by atoms with E-state index in [1.165, 1.54) is 0 Å². The van der Waals surface area contributed by atoms with Gasteiger partial charge in [0.05, 0.1) is 16.6 Å². The molecule has 2 atom stereocenters.